The first-order valence-corrected chi connectivity index (χ1v) is 10.6. The molecule has 2 heterocycles. The van der Waals surface area contributed by atoms with Gasteiger partial charge < -0.3 is 9.80 Å². The van der Waals surface area contributed by atoms with Crippen LogP contribution < -0.4 is 4.90 Å². The second kappa shape index (κ2) is 9.01. The van der Waals surface area contributed by atoms with E-state index in [1.807, 2.05) is 41.3 Å². The van der Waals surface area contributed by atoms with E-state index in [-0.39, 0.29) is 5.91 Å². The first-order valence-electron chi connectivity index (χ1n) is 9.82. The minimum absolute atomic E-state index is 0.0610. The Morgan fingerprint density at radius 2 is 1.76 bits per heavy atom. The maximum atomic E-state index is 12.4. The van der Waals surface area contributed by atoms with Crippen LogP contribution in [0.15, 0.2) is 60.7 Å². The van der Waals surface area contributed by atoms with E-state index in [9.17, 15) is 4.79 Å². The molecule has 0 N–H and O–H groups in total. The summed E-state index contributed by atoms with van der Waals surface area (Å²) < 4.78 is 4.52. The topological polar surface area (TPSA) is 49.3 Å². The van der Waals surface area contributed by atoms with Gasteiger partial charge in [-0.2, -0.15) is 4.37 Å². The molecule has 1 aromatic heterocycles. The van der Waals surface area contributed by atoms with Crippen molar-refractivity contribution in [3.05, 3.63) is 83.2 Å². The lowest BCUT2D eigenvalue weighted by atomic mass is 10.1. The van der Waals surface area contributed by atoms with E-state index in [0.29, 0.717) is 13.1 Å². The molecule has 1 saturated heterocycles. The third kappa shape index (κ3) is 5.09. The molecular weight excluding hydrogens is 380 g/mol. The molecule has 148 valence electrons. The molecule has 5 nitrogen and oxygen atoms in total. The minimum atomic E-state index is 0.0610. The molecule has 29 heavy (non-hydrogen) atoms. The van der Waals surface area contributed by atoms with E-state index >= 15 is 0 Å². The maximum absolute atomic E-state index is 12.4. The third-order valence-electron chi connectivity index (χ3n) is 5.02. The van der Waals surface area contributed by atoms with Gasteiger partial charge in [-0.25, -0.2) is 4.98 Å². The predicted molar refractivity (Wildman–Crippen MR) is 118 cm³/mol. The number of carbonyl (C=O) groups excluding carboxylic acids is 1. The molecular formula is C23H24N4OS. The Balaban J connectivity index is 1.30. The van der Waals surface area contributed by atoms with Crippen molar-refractivity contribution in [1.29, 1.82) is 0 Å². The number of hydrogen-bond acceptors (Lipinski definition) is 5. The molecule has 0 bridgehead atoms. The average molecular weight is 405 g/mol. The average Bonchev–Trinajstić information content (AvgIpc) is 3.23. The van der Waals surface area contributed by atoms with Gasteiger partial charge in [-0.15, -0.1) is 0 Å². The van der Waals surface area contributed by atoms with Crippen LogP contribution in [0.2, 0.25) is 0 Å². The number of aryl methyl sites for hydroxylation is 1. The summed E-state index contributed by atoms with van der Waals surface area (Å²) in [6, 6.07) is 18.4. The van der Waals surface area contributed by atoms with Crippen LogP contribution >= 0.6 is 11.5 Å². The van der Waals surface area contributed by atoms with Gasteiger partial charge in [0.25, 0.3) is 0 Å². The van der Waals surface area contributed by atoms with E-state index in [0.717, 1.165) is 36.0 Å². The number of piperazine rings is 1. The van der Waals surface area contributed by atoms with Crippen LogP contribution in [0.1, 0.15) is 22.5 Å². The zero-order valence-electron chi connectivity index (χ0n) is 16.5. The fourth-order valence-corrected chi connectivity index (χ4v) is 4.03. The van der Waals surface area contributed by atoms with Crippen molar-refractivity contribution in [3.63, 3.8) is 0 Å². The number of anilines is 1. The largest absolute Gasteiger partial charge is 0.343 e. The van der Waals surface area contributed by atoms with Gasteiger partial charge in [0.15, 0.2) is 0 Å². The van der Waals surface area contributed by atoms with Crippen LogP contribution in [-0.2, 0) is 11.2 Å². The van der Waals surface area contributed by atoms with Gasteiger partial charge in [0.1, 0.15) is 5.82 Å². The molecule has 0 radical (unpaired) electrons. The number of nitrogens with zero attached hydrogens (tertiary/aromatic N) is 4. The number of carbonyl (C=O) groups is 1. The standard InChI is InChI=1S/C23H24N4OS/c1-18-7-9-20(10-8-18)17-21-24-23(29-25-21)27-15-13-26(14-16-27)22(28)12-11-19-5-3-2-4-6-19/h2-12H,13-17H2,1H3. The summed E-state index contributed by atoms with van der Waals surface area (Å²) in [5, 5.41) is 0.944. The van der Waals surface area contributed by atoms with E-state index < -0.39 is 0 Å². The Morgan fingerprint density at radius 1 is 1.03 bits per heavy atom. The van der Waals surface area contributed by atoms with E-state index in [1.165, 1.54) is 22.7 Å². The van der Waals surface area contributed by atoms with Crippen molar-refractivity contribution in [3.8, 4) is 0 Å². The molecule has 3 aromatic rings. The molecule has 6 heteroatoms. The highest BCUT2D eigenvalue weighted by Crippen LogP contribution is 2.21. The Labute approximate surface area is 175 Å². The smallest absolute Gasteiger partial charge is 0.246 e. The second-order valence-electron chi connectivity index (χ2n) is 7.21. The highest BCUT2D eigenvalue weighted by Gasteiger charge is 2.22. The zero-order valence-corrected chi connectivity index (χ0v) is 17.3. The summed E-state index contributed by atoms with van der Waals surface area (Å²) in [5.41, 5.74) is 3.52. The molecule has 1 aliphatic rings. The Hall–Kier alpha value is -2.99. The normalized spacial score (nSPS) is 14.5. The molecule has 1 aliphatic heterocycles. The van der Waals surface area contributed by atoms with Gasteiger partial charge in [-0.05, 0) is 24.1 Å². The van der Waals surface area contributed by atoms with Gasteiger partial charge >= 0.3 is 0 Å². The number of hydrogen-bond donors (Lipinski definition) is 0. The fourth-order valence-electron chi connectivity index (χ4n) is 3.29. The molecule has 1 fully saturated rings. The molecule has 4 rings (SSSR count). The molecule has 0 saturated carbocycles. The lowest BCUT2D eigenvalue weighted by molar-refractivity contribution is -0.126. The second-order valence-corrected chi connectivity index (χ2v) is 7.94. The minimum Gasteiger partial charge on any atom is -0.343 e. The Bertz CT molecular complexity index is 974. The van der Waals surface area contributed by atoms with Crippen molar-refractivity contribution in [2.45, 2.75) is 13.3 Å². The summed E-state index contributed by atoms with van der Waals surface area (Å²) >= 11 is 1.44. The number of rotatable bonds is 5. The van der Waals surface area contributed by atoms with Crippen molar-refractivity contribution in [2.24, 2.45) is 0 Å². The van der Waals surface area contributed by atoms with Crippen molar-refractivity contribution in [2.75, 3.05) is 31.1 Å². The molecule has 1 amide bonds. The lowest BCUT2D eigenvalue weighted by Crippen LogP contribution is -2.48. The van der Waals surface area contributed by atoms with Crippen LogP contribution in [0.4, 0.5) is 5.13 Å². The number of benzene rings is 2. The fraction of sp³-hybridized carbons (Fsp3) is 0.261. The van der Waals surface area contributed by atoms with Crippen LogP contribution in [0, 0.1) is 6.92 Å². The summed E-state index contributed by atoms with van der Waals surface area (Å²) in [6.07, 6.45) is 4.28. The lowest BCUT2D eigenvalue weighted by Gasteiger charge is -2.33. The zero-order chi connectivity index (χ0) is 20.1. The molecule has 2 aromatic carbocycles. The van der Waals surface area contributed by atoms with Crippen LogP contribution in [-0.4, -0.2) is 46.3 Å². The first-order chi connectivity index (χ1) is 14.2. The van der Waals surface area contributed by atoms with Crippen molar-refractivity contribution >= 4 is 28.6 Å². The SMILES string of the molecule is Cc1ccc(Cc2nsc(N3CCN(C(=O)C=Cc4ccccc4)CC3)n2)cc1. The maximum Gasteiger partial charge on any atom is 0.246 e. The number of aromatic nitrogens is 2. The predicted octanol–water partition coefficient (Wildman–Crippen LogP) is 3.80. The van der Waals surface area contributed by atoms with Gasteiger partial charge in [0.05, 0.1) is 0 Å². The Kier molecular flexibility index (Phi) is 6.00. The van der Waals surface area contributed by atoms with Gasteiger partial charge in [-0.3, -0.25) is 4.79 Å². The van der Waals surface area contributed by atoms with Gasteiger partial charge in [0.2, 0.25) is 11.0 Å². The Morgan fingerprint density at radius 3 is 2.48 bits per heavy atom. The van der Waals surface area contributed by atoms with Gasteiger partial charge in [-0.1, -0.05) is 60.2 Å². The monoisotopic (exact) mass is 404 g/mol. The van der Waals surface area contributed by atoms with Crippen molar-refractivity contribution in [1.82, 2.24) is 14.3 Å². The number of amides is 1. The summed E-state index contributed by atoms with van der Waals surface area (Å²) in [5.74, 6) is 0.920. The quantitative estimate of drug-likeness (QED) is 0.607. The summed E-state index contributed by atoms with van der Waals surface area (Å²) in [6.45, 7) is 5.05. The highest BCUT2D eigenvalue weighted by molar-refractivity contribution is 7.09. The van der Waals surface area contributed by atoms with Crippen LogP contribution in [0.3, 0.4) is 0 Å². The van der Waals surface area contributed by atoms with Crippen LogP contribution in [0.5, 0.6) is 0 Å². The molecule has 0 atom stereocenters. The van der Waals surface area contributed by atoms with Gasteiger partial charge in [0, 0.05) is 50.2 Å². The third-order valence-corrected chi connectivity index (χ3v) is 5.83. The van der Waals surface area contributed by atoms with E-state index in [1.54, 1.807) is 6.08 Å². The van der Waals surface area contributed by atoms with Crippen molar-refractivity contribution < 1.29 is 4.79 Å². The molecule has 0 aliphatic carbocycles. The summed E-state index contributed by atoms with van der Waals surface area (Å²) in [4.78, 5) is 21.3. The molecule has 0 unspecified atom stereocenters. The highest BCUT2D eigenvalue weighted by atomic mass is 32.1. The van der Waals surface area contributed by atoms with E-state index in [4.69, 9.17) is 4.98 Å². The first kappa shape index (κ1) is 19.3. The molecule has 0 spiro atoms. The van der Waals surface area contributed by atoms with Crippen LogP contribution in [0.25, 0.3) is 6.08 Å². The van der Waals surface area contributed by atoms with E-state index in [2.05, 4.69) is 40.5 Å². The summed E-state index contributed by atoms with van der Waals surface area (Å²) in [7, 11) is 0.